The van der Waals surface area contributed by atoms with E-state index in [1.165, 1.54) is 0 Å². The number of carbonyl (C=O) groups is 1. The summed E-state index contributed by atoms with van der Waals surface area (Å²) in [6, 6.07) is 0. The van der Waals surface area contributed by atoms with E-state index in [9.17, 15) is 4.79 Å². The summed E-state index contributed by atoms with van der Waals surface area (Å²) in [6.45, 7) is 0.260. The Kier molecular flexibility index (Phi) is 2.18. The van der Waals surface area contributed by atoms with Crippen molar-refractivity contribution in [2.75, 3.05) is 6.54 Å². The molecule has 0 aromatic rings. The highest BCUT2D eigenvalue weighted by molar-refractivity contribution is 9.14. The van der Waals surface area contributed by atoms with Gasteiger partial charge in [0.05, 0.1) is 8.96 Å². The van der Waals surface area contributed by atoms with Crippen LogP contribution in [0.15, 0.2) is 14.0 Å². The highest BCUT2D eigenvalue weighted by Gasteiger charge is 2.11. The third-order valence-electron chi connectivity index (χ3n) is 0.894. The SMILES string of the molecule is O=C1CN=CC(Br)=C1Br. The minimum Gasteiger partial charge on any atom is -0.291 e. The highest BCUT2D eigenvalue weighted by Crippen LogP contribution is 2.19. The van der Waals surface area contributed by atoms with Gasteiger partial charge in [-0.15, -0.1) is 0 Å². The molecule has 0 saturated heterocycles. The van der Waals surface area contributed by atoms with E-state index >= 15 is 0 Å². The van der Waals surface area contributed by atoms with E-state index in [-0.39, 0.29) is 12.3 Å². The number of halogens is 2. The molecular weight excluding hydrogens is 250 g/mol. The average molecular weight is 253 g/mol. The molecule has 1 rings (SSSR count). The van der Waals surface area contributed by atoms with Gasteiger partial charge in [0, 0.05) is 6.21 Å². The lowest BCUT2D eigenvalue weighted by Crippen LogP contribution is -2.08. The van der Waals surface area contributed by atoms with Gasteiger partial charge in [-0.3, -0.25) is 9.79 Å². The Hall–Kier alpha value is 0.0400. The molecule has 0 spiro atoms. The van der Waals surface area contributed by atoms with Crippen LogP contribution < -0.4 is 0 Å². The van der Waals surface area contributed by atoms with Gasteiger partial charge in [0.2, 0.25) is 0 Å². The van der Waals surface area contributed by atoms with Crippen molar-refractivity contribution < 1.29 is 4.79 Å². The highest BCUT2D eigenvalue weighted by atomic mass is 79.9. The van der Waals surface area contributed by atoms with E-state index in [1.807, 2.05) is 0 Å². The minimum absolute atomic E-state index is 0.0179. The minimum atomic E-state index is 0.0179. The Balaban J connectivity index is 2.97. The molecule has 0 aliphatic carbocycles. The fraction of sp³-hybridized carbons (Fsp3) is 0.200. The Morgan fingerprint density at radius 1 is 1.56 bits per heavy atom. The Morgan fingerprint density at radius 3 is 2.67 bits per heavy atom. The van der Waals surface area contributed by atoms with Crippen molar-refractivity contribution in [1.82, 2.24) is 0 Å². The second-order valence-electron chi connectivity index (χ2n) is 1.55. The largest absolute Gasteiger partial charge is 0.291 e. The zero-order chi connectivity index (χ0) is 6.85. The van der Waals surface area contributed by atoms with Crippen LogP contribution in [0.1, 0.15) is 0 Å². The lowest BCUT2D eigenvalue weighted by atomic mass is 10.3. The van der Waals surface area contributed by atoms with Gasteiger partial charge in [0.25, 0.3) is 0 Å². The standard InChI is InChI=1S/C5H3Br2NO/c6-3-1-8-2-4(9)5(3)7/h1H,2H2. The van der Waals surface area contributed by atoms with E-state index in [1.54, 1.807) is 6.21 Å². The van der Waals surface area contributed by atoms with Gasteiger partial charge in [-0.1, -0.05) is 0 Å². The number of carbonyl (C=O) groups excluding carboxylic acids is 1. The summed E-state index contributed by atoms with van der Waals surface area (Å²) in [6.07, 6.45) is 1.62. The van der Waals surface area contributed by atoms with Gasteiger partial charge in [-0.25, -0.2) is 0 Å². The van der Waals surface area contributed by atoms with E-state index in [4.69, 9.17) is 0 Å². The monoisotopic (exact) mass is 251 g/mol. The number of hydrogen-bond acceptors (Lipinski definition) is 2. The molecule has 0 radical (unpaired) electrons. The molecule has 2 nitrogen and oxygen atoms in total. The van der Waals surface area contributed by atoms with Crippen molar-refractivity contribution in [3.05, 3.63) is 8.96 Å². The number of rotatable bonds is 0. The number of nitrogens with zero attached hydrogens (tertiary/aromatic N) is 1. The van der Waals surface area contributed by atoms with Gasteiger partial charge in [-0.05, 0) is 31.9 Å². The molecule has 0 unspecified atom stereocenters. The zero-order valence-corrected chi connectivity index (χ0v) is 7.57. The lowest BCUT2D eigenvalue weighted by molar-refractivity contribution is -0.113. The van der Waals surface area contributed by atoms with Crippen molar-refractivity contribution in [2.45, 2.75) is 0 Å². The zero-order valence-electron chi connectivity index (χ0n) is 4.40. The van der Waals surface area contributed by atoms with Crippen LogP contribution >= 0.6 is 31.9 Å². The predicted octanol–water partition coefficient (Wildman–Crippen LogP) is 1.64. The number of allylic oxidation sites excluding steroid dienone is 1. The molecule has 1 heterocycles. The molecule has 1 aliphatic heterocycles. The number of ketones is 1. The fourth-order valence-electron chi connectivity index (χ4n) is 0.468. The van der Waals surface area contributed by atoms with Crippen molar-refractivity contribution in [3.8, 4) is 0 Å². The van der Waals surface area contributed by atoms with Gasteiger partial charge in [0.1, 0.15) is 6.54 Å². The van der Waals surface area contributed by atoms with Crippen LogP contribution in [0, 0.1) is 0 Å². The molecule has 9 heavy (non-hydrogen) atoms. The predicted molar refractivity (Wildman–Crippen MR) is 43.2 cm³/mol. The van der Waals surface area contributed by atoms with Crippen LogP contribution in [0.2, 0.25) is 0 Å². The summed E-state index contributed by atoms with van der Waals surface area (Å²) in [5.41, 5.74) is 0. The average Bonchev–Trinajstić information content (AvgIpc) is 1.83. The van der Waals surface area contributed by atoms with Gasteiger partial charge < -0.3 is 0 Å². The molecule has 0 atom stereocenters. The van der Waals surface area contributed by atoms with Crippen molar-refractivity contribution in [3.63, 3.8) is 0 Å². The molecule has 4 heteroatoms. The van der Waals surface area contributed by atoms with Crippen LogP contribution in [0.25, 0.3) is 0 Å². The van der Waals surface area contributed by atoms with Crippen LogP contribution in [-0.2, 0) is 4.79 Å². The van der Waals surface area contributed by atoms with Crippen LogP contribution in [0.4, 0.5) is 0 Å². The maximum absolute atomic E-state index is 10.8. The number of Topliss-reactive ketones (excluding diaryl/α,β-unsaturated/α-hetero) is 1. The summed E-state index contributed by atoms with van der Waals surface area (Å²) < 4.78 is 1.30. The second-order valence-corrected chi connectivity index (χ2v) is 3.20. The molecule has 1 aliphatic rings. The summed E-state index contributed by atoms with van der Waals surface area (Å²) in [5, 5.41) is 0. The maximum atomic E-state index is 10.8. The van der Waals surface area contributed by atoms with E-state index in [2.05, 4.69) is 36.9 Å². The molecule has 0 saturated carbocycles. The quantitative estimate of drug-likeness (QED) is 0.645. The van der Waals surface area contributed by atoms with Crippen molar-refractivity contribution in [1.29, 1.82) is 0 Å². The Morgan fingerprint density at radius 2 is 2.22 bits per heavy atom. The molecule has 0 bridgehead atoms. The molecule has 0 N–H and O–H groups in total. The summed E-state index contributed by atoms with van der Waals surface area (Å²) in [4.78, 5) is 14.5. The van der Waals surface area contributed by atoms with E-state index in [0.717, 1.165) is 4.48 Å². The first-order valence-corrected chi connectivity index (χ1v) is 3.88. The summed E-state index contributed by atoms with van der Waals surface area (Å²) >= 11 is 6.27. The number of aliphatic imine (C=N–C) groups is 1. The Labute approximate surface area is 69.3 Å². The molecule has 0 fully saturated rings. The summed E-state index contributed by atoms with van der Waals surface area (Å²) in [5.74, 6) is 0.0179. The van der Waals surface area contributed by atoms with Crippen LogP contribution in [0.5, 0.6) is 0 Å². The normalized spacial score (nSPS) is 19.1. The first-order valence-electron chi connectivity index (χ1n) is 2.30. The van der Waals surface area contributed by atoms with Crippen molar-refractivity contribution >= 4 is 43.9 Å². The third-order valence-corrected chi connectivity index (χ3v) is 2.90. The van der Waals surface area contributed by atoms with Crippen LogP contribution in [-0.4, -0.2) is 18.5 Å². The fourth-order valence-corrected chi connectivity index (χ4v) is 1.06. The van der Waals surface area contributed by atoms with Gasteiger partial charge >= 0.3 is 0 Å². The number of dihydropyridines is 1. The first kappa shape index (κ1) is 7.15. The smallest absolute Gasteiger partial charge is 0.192 e. The lowest BCUT2D eigenvalue weighted by Gasteiger charge is -2.01. The third kappa shape index (κ3) is 1.49. The topological polar surface area (TPSA) is 29.4 Å². The van der Waals surface area contributed by atoms with Crippen molar-refractivity contribution in [2.24, 2.45) is 4.99 Å². The summed E-state index contributed by atoms with van der Waals surface area (Å²) in [7, 11) is 0. The molecule has 0 aromatic heterocycles. The first-order chi connectivity index (χ1) is 4.22. The van der Waals surface area contributed by atoms with Gasteiger partial charge in [-0.2, -0.15) is 0 Å². The molecule has 0 amide bonds. The van der Waals surface area contributed by atoms with E-state index < -0.39 is 0 Å². The molecule has 0 aromatic carbocycles. The van der Waals surface area contributed by atoms with Gasteiger partial charge in [0.15, 0.2) is 5.78 Å². The number of hydrogen-bond donors (Lipinski definition) is 0. The van der Waals surface area contributed by atoms with Crippen LogP contribution in [0.3, 0.4) is 0 Å². The Bertz CT molecular complexity index is 207. The second kappa shape index (κ2) is 2.75. The van der Waals surface area contributed by atoms with E-state index in [0.29, 0.717) is 4.48 Å². The maximum Gasteiger partial charge on any atom is 0.192 e. The molecule has 48 valence electrons. The molecular formula is C5H3Br2NO.